The van der Waals surface area contributed by atoms with E-state index < -0.39 is 16.8 Å². The van der Waals surface area contributed by atoms with Crippen molar-refractivity contribution >= 4 is 17.7 Å². The first-order valence-corrected chi connectivity index (χ1v) is 7.39. The Hall–Kier alpha value is -1.86. The van der Waals surface area contributed by atoms with E-state index in [-0.39, 0.29) is 0 Å². The number of hydrogen-bond donors (Lipinski definition) is 2. The van der Waals surface area contributed by atoms with Gasteiger partial charge < -0.3 is 15.4 Å². The Morgan fingerprint density at radius 1 is 1.43 bits per heavy atom. The van der Waals surface area contributed by atoms with Crippen molar-refractivity contribution < 1.29 is 14.4 Å². The maximum absolute atomic E-state index is 11.0. The van der Waals surface area contributed by atoms with Crippen LogP contribution in [0, 0.1) is 0 Å². The molecular formula is C14H17N3O3S. The molecule has 1 aromatic carbocycles. The van der Waals surface area contributed by atoms with Crippen LogP contribution in [0.15, 0.2) is 34.9 Å². The summed E-state index contributed by atoms with van der Waals surface area (Å²) in [4.78, 5) is 15.3. The van der Waals surface area contributed by atoms with Crippen molar-refractivity contribution in [3.05, 3.63) is 36.2 Å². The Balaban J connectivity index is 2.02. The molecular weight excluding hydrogens is 290 g/mol. The number of aliphatic carboxylic acids is 1. The molecule has 7 heteroatoms. The molecule has 1 heterocycles. The molecule has 0 saturated carbocycles. The van der Waals surface area contributed by atoms with E-state index >= 15 is 0 Å². The van der Waals surface area contributed by atoms with E-state index in [0.717, 1.165) is 5.56 Å². The van der Waals surface area contributed by atoms with Crippen molar-refractivity contribution in [2.45, 2.75) is 30.4 Å². The zero-order valence-corrected chi connectivity index (χ0v) is 12.6. The van der Waals surface area contributed by atoms with Gasteiger partial charge >= 0.3 is 5.97 Å². The summed E-state index contributed by atoms with van der Waals surface area (Å²) >= 11 is 1.37. The zero-order chi connectivity index (χ0) is 15.5. The van der Waals surface area contributed by atoms with Crippen LogP contribution < -0.4 is 5.73 Å². The molecule has 2 rings (SSSR count). The number of carbonyl (C=O) groups is 1. The summed E-state index contributed by atoms with van der Waals surface area (Å²) in [6.45, 7) is 3.57. The van der Waals surface area contributed by atoms with E-state index in [1.165, 1.54) is 11.8 Å². The van der Waals surface area contributed by atoms with Gasteiger partial charge in [-0.1, -0.05) is 35.5 Å². The maximum Gasteiger partial charge on any atom is 0.321 e. The lowest BCUT2D eigenvalue weighted by Crippen LogP contribution is -2.46. The highest BCUT2D eigenvalue weighted by molar-refractivity contribution is 7.99. The minimum absolute atomic E-state index is 0.411. The van der Waals surface area contributed by atoms with Crippen molar-refractivity contribution in [1.82, 2.24) is 10.1 Å². The van der Waals surface area contributed by atoms with Crippen LogP contribution in [0.25, 0.3) is 11.4 Å². The lowest BCUT2D eigenvalue weighted by Gasteiger charge is -2.27. The van der Waals surface area contributed by atoms with Crippen LogP contribution in [0.4, 0.5) is 0 Å². The van der Waals surface area contributed by atoms with Gasteiger partial charge in [0.2, 0.25) is 11.7 Å². The minimum Gasteiger partial charge on any atom is -0.480 e. The van der Waals surface area contributed by atoms with E-state index in [1.54, 1.807) is 13.8 Å². The van der Waals surface area contributed by atoms with Crippen molar-refractivity contribution in [1.29, 1.82) is 0 Å². The largest absolute Gasteiger partial charge is 0.480 e. The highest BCUT2D eigenvalue weighted by Crippen LogP contribution is 2.30. The fourth-order valence-corrected chi connectivity index (χ4v) is 2.55. The fraction of sp³-hybridized carbons (Fsp3) is 0.357. The summed E-state index contributed by atoms with van der Waals surface area (Å²) in [5.41, 5.74) is 6.54. The second-order valence-electron chi connectivity index (χ2n) is 5.09. The summed E-state index contributed by atoms with van der Waals surface area (Å²) in [6.07, 6.45) is 0. The van der Waals surface area contributed by atoms with Gasteiger partial charge in [-0.15, -0.1) is 11.8 Å². The molecule has 0 aliphatic rings. The quantitative estimate of drug-likeness (QED) is 0.843. The highest BCUT2D eigenvalue weighted by atomic mass is 32.2. The molecule has 0 fully saturated rings. The summed E-state index contributed by atoms with van der Waals surface area (Å²) in [6, 6.07) is 8.54. The molecule has 0 aliphatic carbocycles. The third kappa shape index (κ3) is 3.83. The molecule has 1 atom stereocenters. The Morgan fingerprint density at radius 3 is 2.71 bits per heavy atom. The normalized spacial score (nSPS) is 13.1. The molecule has 3 N–H and O–H groups in total. The summed E-state index contributed by atoms with van der Waals surface area (Å²) < 4.78 is 4.55. The van der Waals surface area contributed by atoms with Crippen molar-refractivity contribution in [2.75, 3.05) is 0 Å². The van der Waals surface area contributed by atoms with Crippen LogP contribution in [-0.4, -0.2) is 32.0 Å². The molecule has 0 aliphatic heterocycles. The van der Waals surface area contributed by atoms with Crippen LogP contribution in [0.2, 0.25) is 0 Å². The Kier molecular flexibility index (Phi) is 4.64. The SMILES string of the molecule is CC(C)(SCc1nc(-c2ccccc2)no1)[C@H](N)C(=O)O. The van der Waals surface area contributed by atoms with Crippen molar-refractivity contribution in [3.63, 3.8) is 0 Å². The number of nitrogens with two attached hydrogens (primary N) is 1. The zero-order valence-electron chi connectivity index (χ0n) is 11.8. The van der Waals surface area contributed by atoms with Crippen LogP contribution in [0.1, 0.15) is 19.7 Å². The molecule has 0 amide bonds. The predicted octanol–water partition coefficient (Wildman–Crippen LogP) is 2.16. The third-order valence-corrected chi connectivity index (χ3v) is 4.47. The Labute approximate surface area is 126 Å². The maximum atomic E-state index is 11.0. The number of carboxylic acid groups (broad SMARTS) is 1. The molecule has 21 heavy (non-hydrogen) atoms. The first kappa shape index (κ1) is 15.5. The Bertz CT molecular complexity index is 613. The number of aromatic nitrogens is 2. The highest BCUT2D eigenvalue weighted by Gasteiger charge is 2.33. The Morgan fingerprint density at radius 2 is 2.10 bits per heavy atom. The van der Waals surface area contributed by atoms with Gasteiger partial charge in [0.15, 0.2) is 0 Å². The lowest BCUT2D eigenvalue weighted by atomic mass is 10.1. The van der Waals surface area contributed by atoms with Crippen LogP contribution in [-0.2, 0) is 10.5 Å². The molecule has 0 bridgehead atoms. The van der Waals surface area contributed by atoms with Gasteiger partial charge in [-0.25, -0.2) is 0 Å². The van der Waals surface area contributed by atoms with Gasteiger partial charge in [0.05, 0.1) is 5.75 Å². The summed E-state index contributed by atoms with van der Waals surface area (Å²) in [7, 11) is 0. The molecule has 0 unspecified atom stereocenters. The number of carboxylic acids is 1. The molecule has 0 saturated heterocycles. The number of nitrogens with zero attached hydrogens (tertiary/aromatic N) is 2. The fourth-order valence-electron chi connectivity index (χ4n) is 1.65. The van der Waals surface area contributed by atoms with Crippen LogP contribution in [0.5, 0.6) is 0 Å². The van der Waals surface area contributed by atoms with E-state index in [1.807, 2.05) is 30.3 Å². The summed E-state index contributed by atoms with van der Waals surface area (Å²) in [5, 5.41) is 12.9. The topological polar surface area (TPSA) is 102 Å². The standard InChI is InChI=1S/C14H17N3O3S/c1-14(2,11(15)13(18)19)21-8-10-16-12(17-20-10)9-6-4-3-5-7-9/h3-7,11H,8,15H2,1-2H3,(H,18,19)/t11-/m1/s1. The molecule has 6 nitrogen and oxygen atoms in total. The number of rotatable bonds is 6. The molecule has 2 aromatic rings. The second kappa shape index (κ2) is 6.28. The van der Waals surface area contributed by atoms with Gasteiger partial charge in [0, 0.05) is 10.3 Å². The average Bonchev–Trinajstić information content (AvgIpc) is 2.94. The number of thioether (sulfide) groups is 1. The van der Waals surface area contributed by atoms with Crippen molar-refractivity contribution in [2.24, 2.45) is 5.73 Å². The van der Waals surface area contributed by atoms with Gasteiger partial charge in [-0.3, -0.25) is 4.79 Å². The average molecular weight is 307 g/mol. The third-order valence-electron chi connectivity index (χ3n) is 3.08. The van der Waals surface area contributed by atoms with Crippen LogP contribution in [0.3, 0.4) is 0 Å². The van der Waals surface area contributed by atoms with Gasteiger partial charge in [0.25, 0.3) is 0 Å². The summed E-state index contributed by atoms with van der Waals surface area (Å²) in [5.74, 6) is 0.354. The first-order chi connectivity index (χ1) is 9.90. The van der Waals surface area contributed by atoms with Crippen LogP contribution >= 0.6 is 11.8 Å². The van der Waals surface area contributed by atoms with Gasteiger partial charge in [0.1, 0.15) is 6.04 Å². The van der Waals surface area contributed by atoms with E-state index in [4.69, 9.17) is 15.4 Å². The molecule has 112 valence electrons. The smallest absolute Gasteiger partial charge is 0.321 e. The van der Waals surface area contributed by atoms with Crippen molar-refractivity contribution in [3.8, 4) is 11.4 Å². The van der Waals surface area contributed by atoms with E-state index in [2.05, 4.69) is 10.1 Å². The minimum atomic E-state index is -1.02. The van der Waals surface area contributed by atoms with E-state index in [0.29, 0.717) is 17.5 Å². The first-order valence-electron chi connectivity index (χ1n) is 6.40. The molecule has 0 radical (unpaired) electrons. The number of hydrogen-bond acceptors (Lipinski definition) is 6. The lowest BCUT2D eigenvalue weighted by molar-refractivity contribution is -0.139. The molecule has 1 aromatic heterocycles. The molecule has 0 spiro atoms. The predicted molar refractivity (Wildman–Crippen MR) is 80.7 cm³/mol. The van der Waals surface area contributed by atoms with Gasteiger partial charge in [-0.05, 0) is 13.8 Å². The van der Waals surface area contributed by atoms with Gasteiger partial charge in [-0.2, -0.15) is 4.98 Å². The number of benzene rings is 1. The second-order valence-corrected chi connectivity index (χ2v) is 6.72. The van der Waals surface area contributed by atoms with E-state index in [9.17, 15) is 4.79 Å². The monoisotopic (exact) mass is 307 g/mol.